The molecule has 3 aromatic heterocycles. The van der Waals surface area contributed by atoms with Crippen LogP contribution in [0.3, 0.4) is 0 Å². The van der Waals surface area contributed by atoms with Crippen molar-refractivity contribution in [3.63, 3.8) is 0 Å². The van der Waals surface area contributed by atoms with E-state index in [-0.39, 0.29) is 0 Å². The first-order valence-corrected chi connectivity index (χ1v) is 10.7. The van der Waals surface area contributed by atoms with Gasteiger partial charge in [-0.25, -0.2) is 19.9 Å². The minimum atomic E-state index is 0.541. The highest BCUT2D eigenvalue weighted by molar-refractivity contribution is 7.22. The molecule has 0 saturated carbocycles. The average molecular weight is 419 g/mol. The topological polar surface area (TPSA) is 96.1 Å². The lowest BCUT2D eigenvalue weighted by Gasteiger charge is -2.36. The number of hydrogen-bond acceptors (Lipinski definition) is 9. The van der Waals surface area contributed by atoms with E-state index >= 15 is 0 Å². The summed E-state index contributed by atoms with van der Waals surface area (Å²) in [5, 5.41) is 4.06. The second-order valence-corrected chi connectivity index (χ2v) is 8.22. The Morgan fingerprint density at radius 3 is 2.57 bits per heavy atom. The van der Waals surface area contributed by atoms with E-state index in [0.29, 0.717) is 11.5 Å². The summed E-state index contributed by atoms with van der Waals surface area (Å²) in [6.45, 7) is 5.42. The fourth-order valence-corrected chi connectivity index (χ4v) is 4.61. The van der Waals surface area contributed by atoms with E-state index in [1.807, 2.05) is 30.5 Å². The number of piperazine rings is 1. The number of pyridine rings is 1. The Balaban J connectivity index is 1.34. The Morgan fingerprint density at radius 2 is 1.80 bits per heavy atom. The molecule has 30 heavy (non-hydrogen) atoms. The molecule has 1 fully saturated rings. The van der Waals surface area contributed by atoms with E-state index < -0.39 is 0 Å². The second kappa shape index (κ2) is 7.75. The number of aromatic nitrogens is 4. The van der Waals surface area contributed by atoms with Gasteiger partial charge in [0.15, 0.2) is 16.8 Å². The summed E-state index contributed by atoms with van der Waals surface area (Å²) in [5.41, 5.74) is 9.15. The molecule has 3 N–H and O–H groups in total. The zero-order chi connectivity index (χ0) is 20.5. The number of nitrogens with zero attached hydrogens (tertiary/aromatic N) is 6. The summed E-state index contributed by atoms with van der Waals surface area (Å²) in [4.78, 5) is 22.4. The van der Waals surface area contributed by atoms with Gasteiger partial charge < -0.3 is 20.9 Å². The molecule has 1 aromatic carbocycles. The van der Waals surface area contributed by atoms with Gasteiger partial charge in [0.25, 0.3) is 0 Å². The Bertz CT molecular complexity index is 1170. The van der Waals surface area contributed by atoms with Crippen LogP contribution in [0.15, 0.2) is 48.9 Å². The molecule has 0 unspecified atom stereocenters. The summed E-state index contributed by atoms with van der Waals surface area (Å²) in [7, 11) is 0. The highest BCUT2D eigenvalue weighted by Gasteiger charge is 2.22. The van der Waals surface area contributed by atoms with Gasteiger partial charge in [-0.1, -0.05) is 29.5 Å². The number of hydrogen-bond donors (Lipinski definition) is 2. The van der Waals surface area contributed by atoms with Crippen molar-refractivity contribution in [2.45, 2.75) is 6.92 Å². The Kier molecular flexibility index (Phi) is 4.80. The molecule has 1 saturated heterocycles. The molecule has 0 aliphatic carbocycles. The van der Waals surface area contributed by atoms with Crippen LogP contribution in [-0.2, 0) is 0 Å². The minimum absolute atomic E-state index is 0.541. The van der Waals surface area contributed by atoms with Crippen molar-refractivity contribution >= 4 is 49.8 Å². The third-order valence-electron chi connectivity index (χ3n) is 5.26. The van der Waals surface area contributed by atoms with Crippen LogP contribution in [0.25, 0.3) is 10.2 Å². The van der Waals surface area contributed by atoms with Crippen molar-refractivity contribution < 1.29 is 0 Å². The number of nitrogens with one attached hydrogen (secondary N) is 1. The molecule has 152 valence electrons. The number of aryl methyl sites for hydroxylation is 1. The Hall–Kier alpha value is -3.46. The number of fused-ring (bicyclic) bond motifs is 1. The van der Waals surface area contributed by atoms with E-state index in [2.05, 4.69) is 49.1 Å². The predicted molar refractivity (Wildman–Crippen MR) is 123 cm³/mol. The molecule has 0 atom stereocenters. The van der Waals surface area contributed by atoms with Crippen molar-refractivity contribution in [1.82, 2.24) is 19.9 Å². The molecule has 4 aromatic rings. The summed E-state index contributed by atoms with van der Waals surface area (Å²) in [6.07, 6.45) is 3.38. The maximum absolute atomic E-state index is 6.45. The predicted octanol–water partition coefficient (Wildman–Crippen LogP) is 3.44. The van der Waals surface area contributed by atoms with Crippen molar-refractivity contribution in [1.29, 1.82) is 0 Å². The van der Waals surface area contributed by atoms with E-state index in [0.717, 1.165) is 58.7 Å². The van der Waals surface area contributed by atoms with Crippen molar-refractivity contribution in [2.24, 2.45) is 0 Å². The summed E-state index contributed by atoms with van der Waals surface area (Å²) in [5.74, 6) is 2.34. The maximum atomic E-state index is 6.45. The van der Waals surface area contributed by atoms with Gasteiger partial charge in [0.2, 0.25) is 0 Å². The summed E-state index contributed by atoms with van der Waals surface area (Å²) < 4.78 is 1.14. The number of para-hydroxylation sites is 1. The molecular formula is C21H22N8S. The molecule has 1 aliphatic rings. The molecule has 8 nitrogen and oxygen atoms in total. The van der Waals surface area contributed by atoms with Gasteiger partial charge in [0.05, 0.1) is 10.2 Å². The summed E-state index contributed by atoms with van der Waals surface area (Å²) >= 11 is 1.59. The van der Waals surface area contributed by atoms with Crippen LogP contribution in [0.4, 0.5) is 28.3 Å². The van der Waals surface area contributed by atoms with Crippen LogP contribution in [0.5, 0.6) is 0 Å². The Labute approximate surface area is 178 Å². The second-order valence-electron chi connectivity index (χ2n) is 7.19. The number of benzene rings is 1. The van der Waals surface area contributed by atoms with E-state index in [1.54, 1.807) is 17.7 Å². The first-order chi connectivity index (χ1) is 14.7. The first kappa shape index (κ1) is 18.6. The van der Waals surface area contributed by atoms with Crippen LogP contribution in [0, 0.1) is 6.92 Å². The van der Waals surface area contributed by atoms with Gasteiger partial charge in [0.1, 0.15) is 17.8 Å². The van der Waals surface area contributed by atoms with Gasteiger partial charge in [-0.05, 0) is 30.7 Å². The molecule has 0 amide bonds. The standard InChI is InChI=1S/C21H22N8S/c1-14-5-4-6-15-18(14)26-21(30-15)27-19-17(22)20(25-13-24-19)29-11-9-28(10-12-29)16-7-2-3-8-23-16/h2-8,13H,9-12,22H2,1H3,(H,24,25,26,27). The van der Waals surface area contributed by atoms with Gasteiger partial charge in [-0.3, -0.25) is 0 Å². The molecular weight excluding hydrogens is 396 g/mol. The van der Waals surface area contributed by atoms with Gasteiger partial charge >= 0.3 is 0 Å². The highest BCUT2D eigenvalue weighted by atomic mass is 32.1. The number of rotatable bonds is 4. The molecule has 1 aliphatic heterocycles. The van der Waals surface area contributed by atoms with Crippen LogP contribution in [-0.4, -0.2) is 46.1 Å². The third kappa shape index (κ3) is 3.48. The molecule has 0 radical (unpaired) electrons. The fraction of sp³-hybridized carbons (Fsp3) is 0.238. The lowest BCUT2D eigenvalue weighted by Crippen LogP contribution is -2.47. The van der Waals surface area contributed by atoms with E-state index in [9.17, 15) is 0 Å². The average Bonchev–Trinajstić information content (AvgIpc) is 3.20. The highest BCUT2D eigenvalue weighted by Crippen LogP contribution is 2.33. The molecule has 9 heteroatoms. The molecule has 5 rings (SSSR count). The van der Waals surface area contributed by atoms with Crippen LogP contribution in [0.1, 0.15) is 5.56 Å². The van der Waals surface area contributed by atoms with Gasteiger partial charge in [0, 0.05) is 32.4 Å². The normalized spacial score (nSPS) is 14.3. The number of thiazole rings is 1. The van der Waals surface area contributed by atoms with E-state index in [4.69, 9.17) is 10.7 Å². The molecule has 0 spiro atoms. The SMILES string of the molecule is Cc1cccc2sc(Nc3ncnc(N4CCN(c5ccccn5)CC4)c3N)nc12. The monoisotopic (exact) mass is 418 g/mol. The van der Waals surface area contributed by atoms with Crippen molar-refractivity contribution in [3.05, 3.63) is 54.5 Å². The molecule has 4 heterocycles. The zero-order valence-corrected chi connectivity index (χ0v) is 17.4. The fourth-order valence-electron chi connectivity index (χ4n) is 3.67. The van der Waals surface area contributed by atoms with Gasteiger partial charge in [-0.2, -0.15) is 0 Å². The number of anilines is 5. The van der Waals surface area contributed by atoms with Crippen molar-refractivity contribution in [2.75, 3.05) is 47.0 Å². The Morgan fingerprint density at radius 1 is 0.967 bits per heavy atom. The third-order valence-corrected chi connectivity index (χ3v) is 6.20. The maximum Gasteiger partial charge on any atom is 0.189 e. The van der Waals surface area contributed by atoms with Gasteiger partial charge in [-0.15, -0.1) is 0 Å². The van der Waals surface area contributed by atoms with Crippen LogP contribution in [0.2, 0.25) is 0 Å². The molecule has 0 bridgehead atoms. The lowest BCUT2D eigenvalue weighted by molar-refractivity contribution is 0.642. The minimum Gasteiger partial charge on any atom is -0.393 e. The first-order valence-electron chi connectivity index (χ1n) is 9.83. The van der Waals surface area contributed by atoms with Crippen LogP contribution >= 0.6 is 11.3 Å². The van der Waals surface area contributed by atoms with Crippen molar-refractivity contribution in [3.8, 4) is 0 Å². The van der Waals surface area contributed by atoms with E-state index in [1.165, 1.54) is 0 Å². The van der Waals surface area contributed by atoms with Crippen LogP contribution < -0.4 is 20.9 Å². The lowest BCUT2D eigenvalue weighted by atomic mass is 10.2. The summed E-state index contributed by atoms with van der Waals surface area (Å²) in [6, 6.07) is 12.2. The number of nitrogens with two attached hydrogens (primary N) is 1. The number of nitrogen functional groups attached to an aromatic ring is 1. The largest absolute Gasteiger partial charge is 0.393 e. The smallest absolute Gasteiger partial charge is 0.189 e. The zero-order valence-electron chi connectivity index (χ0n) is 16.6. The quantitative estimate of drug-likeness (QED) is 0.520.